The summed E-state index contributed by atoms with van der Waals surface area (Å²) < 4.78 is 55.8. The Morgan fingerprint density at radius 3 is 2.50 bits per heavy atom. The lowest BCUT2D eigenvalue weighted by Crippen LogP contribution is -2.34. The Morgan fingerprint density at radius 1 is 1.03 bits per heavy atom. The number of methoxy groups -OCH3 is 2. The number of rotatable bonds is 9. The smallest absolute Gasteiger partial charge is 0.419 e. The van der Waals surface area contributed by atoms with Crippen molar-refractivity contribution < 1.29 is 32.2 Å². The molecular formula is C23H22F3N3O5. The standard InChI is InChI=1S/C23H22F3N3O5/c1-32-15-7-9-19(33-2)16(13-15)18-8-10-22(31)29(28-18)12-11-27-21(30)14-34-20-6-4-3-5-17(20)23(24,25)26/h3-10,13H,11-12,14H2,1-2H3,(H,27,30). The third kappa shape index (κ3) is 6.06. The largest absolute Gasteiger partial charge is 0.497 e. The lowest BCUT2D eigenvalue weighted by atomic mass is 10.1. The minimum absolute atomic E-state index is 0.00865. The summed E-state index contributed by atoms with van der Waals surface area (Å²) in [7, 11) is 3.03. The van der Waals surface area contributed by atoms with Crippen LogP contribution in [0, 0.1) is 0 Å². The molecule has 1 N–H and O–H groups in total. The minimum Gasteiger partial charge on any atom is -0.497 e. The van der Waals surface area contributed by atoms with Crippen LogP contribution in [0.3, 0.4) is 0 Å². The summed E-state index contributed by atoms with van der Waals surface area (Å²) in [5.74, 6) is 0.0245. The van der Waals surface area contributed by atoms with Gasteiger partial charge < -0.3 is 19.5 Å². The second-order valence-electron chi connectivity index (χ2n) is 6.98. The van der Waals surface area contributed by atoms with E-state index in [4.69, 9.17) is 14.2 Å². The zero-order valence-corrected chi connectivity index (χ0v) is 18.4. The zero-order chi connectivity index (χ0) is 24.7. The van der Waals surface area contributed by atoms with E-state index in [9.17, 15) is 22.8 Å². The first-order chi connectivity index (χ1) is 16.2. The van der Waals surface area contributed by atoms with Gasteiger partial charge in [-0.1, -0.05) is 12.1 Å². The average Bonchev–Trinajstić information content (AvgIpc) is 2.83. The number of carbonyl (C=O) groups is 1. The molecule has 8 nitrogen and oxygen atoms in total. The molecule has 0 saturated carbocycles. The van der Waals surface area contributed by atoms with Crippen molar-refractivity contribution >= 4 is 5.91 Å². The van der Waals surface area contributed by atoms with Gasteiger partial charge in [-0.05, 0) is 36.4 Å². The molecule has 0 bridgehead atoms. The molecule has 0 aliphatic carbocycles. The van der Waals surface area contributed by atoms with E-state index in [0.717, 1.165) is 16.8 Å². The monoisotopic (exact) mass is 477 g/mol. The molecule has 3 aromatic rings. The van der Waals surface area contributed by atoms with Crippen LogP contribution in [0.25, 0.3) is 11.3 Å². The molecule has 0 aliphatic rings. The fraction of sp³-hybridized carbons (Fsp3) is 0.261. The molecule has 1 aromatic heterocycles. The van der Waals surface area contributed by atoms with Crippen LogP contribution in [0.15, 0.2) is 59.4 Å². The highest BCUT2D eigenvalue weighted by atomic mass is 19.4. The molecule has 3 rings (SSSR count). The maximum atomic E-state index is 13.0. The predicted octanol–water partition coefficient (Wildman–Crippen LogP) is 3.14. The SMILES string of the molecule is COc1ccc(OC)c(-c2ccc(=O)n(CCNC(=O)COc3ccccc3C(F)(F)F)n2)c1. The lowest BCUT2D eigenvalue weighted by Gasteiger charge is -2.14. The first-order valence-electron chi connectivity index (χ1n) is 10.1. The van der Waals surface area contributed by atoms with Gasteiger partial charge in [0.15, 0.2) is 6.61 Å². The van der Waals surface area contributed by atoms with E-state index in [1.54, 1.807) is 24.3 Å². The molecule has 180 valence electrons. The number of hydrogen-bond donors (Lipinski definition) is 1. The van der Waals surface area contributed by atoms with Crippen LogP contribution in [0.2, 0.25) is 0 Å². The number of carbonyl (C=O) groups excluding carboxylic acids is 1. The fourth-order valence-electron chi connectivity index (χ4n) is 3.09. The van der Waals surface area contributed by atoms with Crippen LogP contribution >= 0.6 is 0 Å². The molecule has 0 spiro atoms. The van der Waals surface area contributed by atoms with E-state index in [0.29, 0.717) is 22.8 Å². The highest BCUT2D eigenvalue weighted by molar-refractivity contribution is 5.77. The number of aromatic nitrogens is 2. The number of halogens is 3. The van der Waals surface area contributed by atoms with Crippen LogP contribution in [0.4, 0.5) is 13.2 Å². The fourth-order valence-corrected chi connectivity index (χ4v) is 3.09. The number of para-hydroxylation sites is 1. The Bertz CT molecular complexity index is 1210. The highest BCUT2D eigenvalue weighted by Crippen LogP contribution is 2.36. The van der Waals surface area contributed by atoms with E-state index in [1.165, 1.54) is 32.4 Å². The molecule has 0 atom stereocenters. The van der Waals surface area contributed by atoms with Gasteiger partial charge in [-0.2, -0.15) is 18.3 Å². The average molecular weight is 477 g/mol. The summed E-state index contributed by atoms with van der Waals surface area (Å²) in [5, 5.41) is 6.81. The van der Waals surface area contributed by atoms with Crippen molar-refractivity contribution in [3.8, 4) is 28.5 Å². The summed E-state index contributed by atoms with van der Waals surface area (Å²) in [6.45, 7) is -0.574. The van der Waals surface area contributed by atoms with Gasteiger partial charge in [0.05, 0.1) is 32.0 Å². The van der Waals surface area contributed by atoms with Gasteiger partial charge in [0.25, 0.3) is 11.5 Å². The van der Waals surface area contributed by atoms with Gasteiger partial charge in [-0.3, -0.25) is 9.59 Å². The minimum atomic E-state index is -4.60. The quantitative estimate of drug-likeness (QED) is 0.509. The molecule has 11 heteroatoms. The third-order valence-electron chi connectivity index (χ3n) is 4.75. The Hall–Kier alpha value is -4.02. The maximum absolute atomic E-state index is 13.0. The molecule has 0 fully saturated rings. The molecule has 0 saturated heterocycles. The second kappa shape index (κ2) is 10.7. The highest BCUT2D eigenvalue weighted by Gasteiger charge is 2.34. The lowest BCUT2D eigenvalue weighted by molar-refractivity contribution is -0.139. The number of ether oxygens (including phenoxy) is 3. The van der Waals surface area contributed by atoms with E-state index in [2.05, 4.69) is 10.4 Å². The van der Waals surface area contributed by atoms with Crippen LogP contribution < -0.4 is 25.1 Å². The predicted molar refractivity (Wildman–Crippen MR) is 117 cm³/mol. The summed E-state index contributed by atoms with van der Waals surface area (Å²) in [6.07, 6.45) is -4.60. The molecular weight excluding hydrogens is 455 g/mol. The van der Waals surface area contributed by atoms with Gasteiger partial charge in [-0.15, -0.1) is 0 Å². The van der Waals surface area contributed by atoms with Crippen molar-refractivity contribution in [2.24, 2.45) is 0 Å². The van der Waals surface area contributed by atoms with Gasteiger partial charge in [0.2, 0.25) is 0 Å². The van der Waals surface area contributed by atoms with Gasteiger partial charge in [0, 0.05) is 18.2 Å². The Kier molecular flexibility index (Phi) is 7.77. The molecule has 1 amide bonds. The number of amides is 1. The molecule has 0 radical (unpaired) electrons. The van der Waals surface area contributed by atoms with Crippen LogP contribution in [-0.2, 0) is 17.5 Å². The Labute approximate surface area is 192 Å². The van der Waals surface area contributed by atoms with E-state index >= 15 is 0 Å². The van der Waals surface area contributed by atoms with Gasteiger partial charge >= 0.3 is 6.18 Å². The zero-order valence-electron chi connectivity index (χ0n) is 18.4. The molecule has 1 heterocycles. The molecule has 34 heavy (non-hydrogen) atoms. The number of nitrogens with one attached hydrogen (secondary N) is 1. The first kappa shape index (κ1) is 24.6. The van der Waals surface area contributed by atoms with E-state index < -0.39 is 35.6 Å². The van der Waals surface area contributed by atoms with Crippen molar-refractivity contribution in [3.05, 3.63) is 70.5 Å². The number of benzene rings is 2. The number of alkyl halides is 3. The molecule has 0 unspecified atom stereocenters. The van der Waals surface area contributed by atoms with Crippen LogP contribution in [0.1, 0.15) is 5.56 Å². The summed E-state index contributed by atoms with van der Waals surface area (Å²) in [6, 6.07) is 12.6. The van der Waals surface area contributed by atoms with Crippen molar-refractivity contribution in [2.75, 3.05) is 27.4 Å². The number of hydrogen-bond acceptors (Lipinski definition) is 6. The topological polar surface area (TPSA) is 91.7 Å². The summed E-state index contributed by atoms with van der Waals surface area (Å²) in [5.41, 5.74) is -0.302. The van der Waals surface area contributed by atoms with Crippen molar-refractivity contribution in [1.82, 2.24) is 15.1 Å². The first-order valence-corrected chi connectivity index (χ1v) is 10.1. The van der Waals surface area contributed by atoms with Crippen LogP contribution in [0.5, 0.6) is 17.2 Å². The van der Waals surface area contributed by atoms with Crippen LogP contribution in [-0.4, -0.2) is 43.1 Å². The molecule has 0 aliphatic heterocycles. The Morgan fingerprint density at radius 2 is 1.79 bits per heavy atom. The van der Waals surface area contributed by atoms with Gasteiger partial charge in [0.1, 0.15) is 17.2 Å². The van der Waals surface area contributed by atoms with Crippen molar-refractivity contribution in [2.45, 2.75) is 12.7 Å². The number of nitrogens with zero attached hydrogens (tertiary/aromatic N) is 2. The normalized spacial score (nSPS) is 11.1. The van der Waals surface area contributed by atoms with Crippen molar-refractivity contribution in [1.29, 1.82) is 0 Å². The van der Waals surface area contributed by atoms with Crippen molar-refractivity contribution in [3.63, 3.8) is 0 Å². The molecule has 2 aromatic carbocycles. The van der Waals surface area contributed by atoms with Gasteiger partial charge in [-0.25, -0.2) is 4.68 Å². The van der Waals surface area contributed by atoms with E-state index in [1.807, 2.05) is 0 Å². The summed E-state index contributed by atoms with van der Waals surface area (Å²) in [4.78, 5) is 24.2. The third-order valence-corrected chi connectivity index (χ3v) is 4.75. The summed E-state index contributed by atoms with van der Waals surface area (Å²) >= 11 is 0. The maximum Gasteiger partial charge on any atom is 0.419 e. The Balaban J connectivity index is 1.63. The van der Waals surface area contributed by atoms with E-state index in [-0.39, 0.29) is 13.1 Å². The second-order valence-corrected chi connectivity index (χ2v) is 6.98.